The number of carbonyl (C=O) groups is 1. The predicted octanol–water partition coefficient (Wildman–Crippen LogP) is 7.14. The van der Waals surface area contributed by atoms with E-state index in [-0.39, 0.29) is 12.5 Å². The summed E-state index contributed by atoms with van der Waals surface area (Å²) in [5, 5.41) is 12.9. The van der Waals surface area contributed by atoms with E-state index in [0.29, 0.717) is 23.8 Å². The number of fused-ring (bicyclic) bond motifs is 1. The van der Waals surface area contributed by atoms with Gasteiger partial charge >= 0.3 is 5.97 Å². The summed E-state index contributed by atoms with van der Waals surface area (Å²) < 4.78 is 8.19. The molecule has 0 unspecified atom stereocenters. The van der Waals surface area contributed by atoms with Crippen molar-refractivity contribution in [3.63, 3.8) is 0 Å². The number of aryl methyl sites for hydroxylation is 1. The van der Waals surface area contributed by atoms with Crippen LogP contribution in [0.4, 0.5) is 11.6 Å². The first-order chi connectivity index (χ1) is 16.6. The molecule has 188 valence electrons. The van der Waals surface area contributed by atoms with Crippen LogP contribution in [0.2, 0.25) is 0 Å². The molecule has 0 bridgehead atoms. The van der Waals surface area contributed by atoms with Gasteiger partial charge in [-0.15, -0.1) is 0 Å². The zero-order valence-electron chi connectivity index (χ0n) is 21.8. The highest BCUT2D eigenvalue weighted by atomic mass is 16.5. The molecule has 1 aliphatic carbocycles. The van der Waals surface area contributed by atoms with Gasteiger partial charge in [-0.2, -0.15) is 0 Å². The maximum atomic E-state index is 11.4. The average molecular weight is 478 g/mol. The van der Waals surface area contributed by atoms with Crippen molar-refractivity contribution in [3.8, 4) is 5.75 Å². The molecule has 35 heavy (non-hydrogen) atoms. The van der Waals surface area contributed by atoms with E-state index in [1.54, 1.807) is 0 Å². The van der Waals surface area contributed by atoms with Crippen LogP contribution in [0.3, 0.4) is 0 Å². The summed E-state index contributed by atoms with van der Waals surface area (Å²) in [6.45, 7) is 13.0. The van der Waals surface area contributed by atoms with Crippen molar-refractivity contribution in [1.29, 1.82) is 0 Å². The van der Waals surface area contributed by atoms with Crippen LogP contribution in [0, 0.1) is 24.7 Å². The fourth-order valence-electron chi connectivity index (χ4n) is 5.53. The van der Waals surface area contributed by atoms with Crippen LogP contribution in [-0.2, 0) is 11.2 Å². The molecule has 3 atom stereocenters. The van der Waals surface area contributed by atoms with Gasteiger partial charge in [0, 0.05) is 11.7 Å². The molecule has 6 heteroatoms. The molecular formula is C29H39N3O3. The molecule has 2 N–H and O–H groups in total. The Labute approximate surface area is 208 Å². The van der Waals surface area contributed by atoms with E-state index in [0.717, 1.165) is 46.0 Å². The van der Waals surface area contributed by atoms with Crippen molar-refractivity contribution < 1.29 is 14.6 Å². The minimum Gasteiger partial charge on any atom is -0.491 e. The molecule has 0 spiro atoms. The number of aromatic nitrogens is 2. The van der Waals surface area contributed by atoms with Crippen molar-refractivity contribution in [1.82, 2.24) is 9.55 Å². The normalized spacial score (nSPS) is 20.5. The van der Waals surface area contributed by atoms with Gasteiger partial charge in [0.2, 0.25) is 5.95 Å². The summed E-state index contributed by atoms with van der Waals surface area (Å²) in [5.41, 5.74) is 4.67. The van der Waals surface area contributed by atoms with Crippen LogP contribution in [0.15, 0.2) is 36.4 Å². The lowest BCUT2D eigenvalue weighted by molar-refractivity contribution is -0.136. The van der Waals surface area contributed by atoms with Gasteiger partial charge in [-0.3, -0.25) is 4.79 Å². The van der Waals surface area contributed by atoms with Gasteiger partial charge in [0.15, 0.2) is 0 Å². The fourth-order valence-corrected chi connectivity index (χ4v) is 5.53. The number of benzene rings is 2. The van der Waals surface area contributed by atoms with Crippen molar-refractivity contribution in [2.24, 2.45) is 17.8 Å². The Balaban J connectivity index is 1.80. The van der Waals surface area contributed by atoms with Gasteiger partial charge in [-0.1, -0.05) is 27.2 Å². The van der Waals surface area contributed by atoms with Crippen LogP contribution < -0.4 is 10.1 Å². The molecule has 1 fully saturated rings. The molecule has 0 aliphatic heterocycles. The van der Waals surface area contributed by atoms with Crippen LogP contribution >= 0.6 is 0 Å². The zero-order chi connectivity index (χ0) is 25.3. The maximum Gasteiger partial charge on any atom is 0.307 e. The predicted molar refractivity (Wildman–Crippen MR) is 142 cm³/mol. The summed E-state index contributed by atoms with van der Waals surface area (Å²) in [6.07, 6.45) is 3.71. The molecular weight excluding hydrogens is 438 g/mol. The van der Waals surface area contributed by atoms with Crippen molar-refractivity contribution in [2.75, 3.05) is 5.32 Å². The topological polar surface area (TPSA) is 76.4 Å². The number of carboxylic acids is 1. The average Bonchev–Trinajstić information content (AvgIpc) is 3.10. The Morgan fingerprint density at radius 1 is 1.17 bits per heavy atom. The summed E-state index contributed by atoms with van der Waals surface area (Å²) in [4.78, 5) is 16.4. The van der Waals surface area contributed by atoms with E-state index in [2.05, 4.69) is 36.7 Å². The fraction of sp³-hybridized carbons (Fsp3) is 0.517. The minimum absolute atomic E-state index is 0.00376. The Hall–Kier alpha value is -3.02. The second-order valence-electron chi connectivity index (χ2n) is 10.9. The Morgan fingerprint density at radius 2 is 1.89 bits per heavy atom. The lowest BCUT2D eigenvalue weighted by atomic mass is 9.74. The molecule has 0 amide bonds. The smallest absolute Gasteiger partial charge is 0.307 e. The number of carboxylic acid groups (broad SMARTS) is 1. The molecule has 6 nitrogen and oxygen atoms in total. The highest BCUT2D eigenvalue weighted by molar-refractivity contribution is 5.83. The number of ether oxygens (including phenoxy) is 1. The number of rotatable bonds is 8. The highest BCUT2D eigenvalue weighted by Crippen LogP contribution is 2.44. The summed E-state index contributed by atoms with van der Waals surface area (Å²) >= 11 is 0. The summed E-state index contributed by atoms with van der Waals surface area (Å²) in [7, 11) is 0. The third kappa shape index (κ3) is 5.63. The quantitative estimate of drug-likeness (QED) is 0.361. The number of nitrogens with one attached hydrogen (secondary N) is 1. The SMILES string of the molecule is Cc1cc2c(cc1CC(=O)O)nc(Nc1ccc(OC(C)C)cc1)n2[C@@H]1C[C@H](C)CC[C@H]1C(C)C. The van der Waals surface area contributed by atoms with E-state index in [1.807, 2.05) is 51.1 Å². The molecule has 2 aromatic carbocycles. The first-order valence-corrected chi connectivity index (χ1v) is 12.9. The van der Waals surface area contributed by atoms with Crippen molar-refractivity contribution >= 4 is 28.6 Å². The first kappa shape index (κ1) is 25.1. The lowest BCUT2D eigenvalue weighted by Crippen LogP contribution is -2.30. The largest absolute Gasteiger partial charge is 0.491 e. The Kier molecular flexibility index (Phi) is 7.39. The van der Waals surface area contributed by atoms with E-state index >= 15 is 0 Å². The Bertz CT molecular complexity index is 1180. The number of hydrogen-bond acceptors (Lipinski definition) is 4. The first-order valence-electron chi connectivity index (χ1n) is 12.9. The monoisotopic (exact) mass is 477 g/mol. The third-order valence-electron chi connectivity index (χ3n) is 7.29. The minimum atomic E-state index is -0.824. The van der Waals surface area contributed by atoms with E-state index in [4.69, 9.17) is 9.72 Å². The maximum absolute atomic E-state index is 11.4. The van der Waals surface area contributed by atoms with Crippen molar-refractivity contribution in [3.05, 3.63) is 47.5 Å². The number of hydrogen-bond donors (Lipinski definition) is 2. The second-order valence-corrected chi connectivity index (χ2v) is 10.9. The van der Waals surface area contributed by atoms with Gasteiger partial charge in [0.25, 0.3) is 0 Å². The third-order valence-corrected chi connectivity index (χ3v) is 7.29. The number of anilines is 2. The molecule has 0 saturated heterocycles. The van der Waals surface area contributed by atoms with E-state index in [9.17, 15) is 9.90 Å². The molecule has 3 aromatic rings. The van der Waals surface area contributed by atoms with E-state index in [1.165, 1.54) is 12.8 Å². The number of aliphatic carboxylic acids is 1. The summed E-state index contributed by atoms with van der Waals surface area (Å²) in [5.74, 6) is 2.61. The van der Waals surface area contributed by atoms with Crippen LogP contribution in [0.5, 0.6) is 5.75 Å². The highest BCUT2D eigenvalue weighted by Gasteiger charge is 2.34. The van der Waals surface area contributed by atoms with Gasteiger partial charge in [-0.25, -0.2) is 4.98 Å². The van der Waals surface area contributed by atoms with Gasteiger partial charge < -0.3 is 19.7 Å². The molecule has 1 saturated carbocycles. The zero-order valence-corrected chi connectivity index (χ0v) is 21.8. The lowest BCUT2D eigenvalue weighted by Gasteiger charge is -2.39. The second kappa shape index (κ2) is 10.3. The standard InChI is InChI=1S/C29H39N3O3/c1-17(2)24-12-7-19(5)13-26(24)32-27-14-20(6)21(16-28(33)34)15-25(27)31-29(32)30-22-8-10-23(11-9-22)35-18(3)4/h8-11,14-15,17-19,24,26H,7,12-13,16H2,1-6H3,(H,30,31)(H,33,34)/t19-,24+,26-/m1/s1. The molecule has 1 heterocycles. The molecule has 0 radical (unpaired) electrons. The van der Waals surface area contributed by atoms with Crippen LogP contribution in [-0.4, -0.2) is 26.7 Å². The Morgan fingerprint density at radius 3 is 2.51 bits per heavy atom. The van der Waals surface area contributed by atoms with Gasteiger partial charge in [0.05, 0.1) is 23.6 Å². The molecule has 1 aliphatic rings. The van der Waals surface area contributed by atoms with Crippen LogP contribution in [0.1, 0.15) is 71.0 Å². The van der Waals surface area contributed by atoms with E-state index < -0.39 is 5.97 Å². The van der Waals surface area contributed by atoms with Gasteiger partial charge in [-0.05, 0) is 98.9 Å². The summed E-state index contributed by atoms with van der Waals surface area (Å²) in [6, 6.07) is 12.4. The number of imidazole rings is 1. The molecule has 4 rings (SSSR count). The number of nitrogens with zero attached hydrogens (tertiary/aromatic N) is 2. The van der Waals surface area contributed by atoms with Crippen LogP contribution in [0.25, 0.3) is 11.0 Å². The van der Waals surface area contributed by atoms with Crippen molar-refractivity contribution in [2.45, 2.75) is 79.4 Å². The van der Waals surface area contributed by atoms with Gasteiger partial charge in [0.1, 0.15) is 5.75 Å². The molecule has 1 aromatic heterocycles.